The maximum absolute atomic E-state index is 14.1. The van der Waals surface area contributed by atoms with Gasteiger partial charge in [0.15, 0.2) is 0 Å². The largest absolute Gasteiger partial charge is 0.444 e. The first-order valence-corrected chi connectivity index (χ1v) is 16.9. The third kappa shape index (κ3) is 6.79. The molecule has 0 radical (unpaired) electrons. The van der Waals surface area contributed by atoms with Gasteiger partial charge in [0.05, 0.1) is 35.9 Å². The Kier molecular flexibility index (Phi) is 9.15. The number of aromatic amines is 2. The Morgan fingerprint density at radius 2 is 1.45 bits per heavy atom. The lowest BCUT2D eigenvalue weighted by molar-refractivity contribution is -0.139. The number of ether oxygens (including phenoxy) is 1. The van der Waals surface area contributed by atoms with Gasteiger partial charge < -0.3 is 29.8 Å². The van der Waals surface area contributed by atoms with E-state index in [0.29, 0.717) is 31.8 Å². The van der Waals surface area contributed by atoms with Crippen molar-refractivity contribution in [1.29, 1.82) is 0 Å². The molecule has 0 unspecified atom stereocenters. The smallest absolute Gasteiger partial charge is 0.408 e. The fraction of sp³-hybridized carbons (Fsp3) is 0.571. The third-order valence-electron chi connectivity index (χ3n) is 9.63. The highest BCUT2D eigenvalue weighted by atomic mass is 16.6. The first-order chi connectivity index (χ1) is 22.5. The van der Waals surface area contributed by atoms with Crippen LogP contribution >= 0.6 is 0 Å². The van der Waals surface area contributed by atoms with Crippen LogP contribution in [0.2, 0.25) is 0 Å². The van der Waals surface area contributed by atoms with Crippen LogP contribution in [0, 0.1) is 0 Å². The molecule has 6 rings (SSSR count). The molecular formula is C35H48N8O4. The van der Waals surface area contributed by atoms with E-state index in [1.807, 2.05) is 79.9 Å². The number of benzene rings is 1. The predicted octanol–water partition coefficient (Wildman–Crippen LogP) is 5.27. The van der Waals surface area contributed by atoms with E-state index in [1.54, 1.807) is 12.4 Å². The lowest BCUT2D eigenvalue weighted by Gasteiger charge is -2.36. The fourth-order valence-corrected chi connectivity index (χ4v) is 7.49. The van der Waals surface area contributed by atoms with Gasteiger partial charge in [-0.25, -0.2) is 14.8 Å². The molecule has 3 N–H and O–H groups in total. The molecule has 4 heterocycles. The molecule has 1 aromatic carbocycles. The minimum absolute atomic E-state index is 0.0670. The Balaban J connectivity index is 1.17. The van der Waals surface area contributed by atoms with Crippen LogP contribution in [0.1, 0.15) is 107 Å². The van der Waals surface area contributed by atoms with Crippen molar-refractivity contribution in [3.05, 3.63) is 59.9 Å². The van der Waals surface area contributed by atoms with E-state index >= 15 is 0 Å². The third-order valence-corrected chi connectivity index (χ3v) is 9.63. The summed E-state index contributed by atoms with van der Waals surface area (Å²) in [6.07, 6.45) is 9.31. The van der Waals surface area contributed by atoms with Gasteiger partial charge in [-0.1, -0.05) is 43.2 Å². The summed E-state index contributed by atoms with van der Waals surface area (Å²) < 4.78 is 5.53. The maximum atomic E-state index is 14.1. The highest BCUT2D eigenvalue weighted by molar-refractivity contribution is 5.91. The number of amides is 3. The van der Waals surface area contributed by atoms with Crippen LogP contribution in [0.15, 0.2) is 42.7 Å². The van der Waals surface area contributed by atoms with Gasteiger partial charge in [-0.15, -0.1) is 0 Å². The lowest BCUT2D eigenvalue weighted by atomic mass is 9.95. The van der Waals surface area contributed by atoms with E-state index in [9.17, 15) is 14.4 Å². The Hall–Kier alpha value is -4.19. The van der Waals surface area contributed by atoms with Crippen LogP contribution in [0.25, 0.3) is 11.4 Å². The van der Waals surface area contributed by atoms with E-state index < -0.39 is 17.2 Å². The number of rotatable bonds is 8. The Morgan fingerprint density at radius 3 is 2.00 bits per heavy atom. The van der Waals surface area contributed by atoms with Crippen molar-refractivity contribution in [1.82, 2.24) is 40.0 Å². The van der Waals surface area contributed by atoms with E-state index in [1.165, 1.54) is 0 Å². The summed E-state index contributed by atoms with van der Waals surface area (Å²) in [4.78, 5) is 62.9. The van der Waals surface area contributed by atoms with E-state index in [2.05, 4.69) is 15.3 Å². The van der Waals surface area contributed by atoms with Crippen LogP contribution in [-0.2, 0) is 14.3 Å². The molecule has 0 bridgehead atoms. The second kappa shape index (κ2) is 13.1. The average Bonchev–Trinajstić information content (AvgIpc) is 3.85. The van der Waals surface area contributed by atoms with Gasteiger partial charge in [-0.3, -0.25) is 14.5 Å². The number of nitrogens with one attached hydrogen (secondary N) is 3. The number of alkyl carbamates (subject to hydrolysis) is 1. The number of imidazole rings is 2. The standard InChI is InChI=1S/C35H48N8O4/c1-34(2,3)47-33(46)40-35(17-9-10-18-35)32(45)43-20-12-16-27(43)30-37-22-25(39-30)24-21-36-29(38-24)26-15-11-19-42(26)31(44)28(41(4)5)23-13-7-6-8-14-23/h6-8,13-14,21-22,26-28H,9-12,15-20H2,1-5H3,(H,36,38)(H,37,39)(H,40,46)/t26-,27-,28+/m0/s1. The molecule has 3 fully saturated rings. The summed E-state index contributed by atoms with van der Waals surface area (Å²) in [5.74, 6) is 1.46. The number of carbonyl (C=O) groups excluding carboxylic acids is 3. The number of carbonyl (C=O) groups is 3. The van der Waals surface area contributed by atoms with Gasteiger partial charge in [-0.2, -0.15) is 0 Å². The molecule has 2 aromatic heterocycles. The molecular weight excluding hydrogens is 596 g/mol. The zero-order valence-corrected chi connectivity index (χ0v) is 28.2. The number of aromatic nitrogens is 4. The van der Waals surface area contributed by atoms with Crippen molar-refractivity contribution in [3.8, 4) is 11.4 Å². The molecule has 0 spiro atoms. The number of H-pyrrole nitrogens is 2. The van der Waals surface area contributed by atoms with E-state index in [4.69, 9.17) is 14.7 Å². The molecule has 2 aliphatic heterocycles. The van der Waals surface area contributed by atoms with Crippen LogP contribution in [0.5, 0.6) is 0 Å². The van der Waals surface area contributed by atoms with E-state index in [-0.39, 0.29) is 29.9 Å². The van der Waals surface area contributed by atoms with Gasteiger partial charge in [0, 0.05) is 13.1 Å². The molecule has 3 atom stereocenters. The van der Waals surface area contributed by atoms with E-state index in [0.717, 1.165) is 61.3 Å². The fourth-order valence-electron chi connectivity index (χ4n) is 7.49. The normalized spacial score (nSPS) is 21.7. The van der Waals surface area contributed by atoms with Crippen LogP contribution in [0.3, 0.4) is 0 Å². The number of hydrogen-bond donors (Lipinski definition) is 3. The summed E-state index contributed by atoms with van der Waals surface area (Å²) >= 11 is 0. The number of likely N-dealkylation sites (N-methyl/N-ethyl adjacent to an activating group) is 1. The highest BCUT2D eigenvalue weighted by Gasteiger charge is 2.48. The van der Waals surface area contributed by atoms with Gasteiger partial charge in [0.1, 0.15) is 28.8 Å². The van der Waals surface area contributed by atoms with Gasteiger partial charge >= 0.3 is 6.09 Å². The first kappa shape index (κ1) is 32.7. The zero-order valence-electron chi connectivity index (χ0n) is 28.2. The predicted molar refractivity (Wildman–Crippen MR) is 177 cm³/mol. The van der Waals surface area contributed by atoms with Crippen molar-refractivity contribution in [2.24, 2.45) is 0 Å². The number of hydrogen-bond acceptors (Lipinski definition) is 7. The highest BCUT2D eigenvalue weighted by Crippen LogP contribution is 2.39. The zero-order chi connectivity index (χ0) is 33.3. The second-order valence-electron chi connectivity index (χ2n) is 14.4. The molecule has 2 saturated heterocycles. The van der Waals surface area contributed by atoms with Crippen LogP contribution < -0.4 is 5.32 Å². The Labute approximate surface area is 276 Å². The molecule has 3 amide bonds. The van der Waals surface area contributed by atoms with Gasteiger partial charge in [0.2, 0.25) is 11.8 Å². The van der Waals surface area contributed by atoms with Crippen LogP contribution in [0.4, 0.5) is 4.79 Å². The topological polar surface area (TPSA) is 140 Å². The van der Waals surface area contributed by atoms with Crippen LogP contribution in [-0.4, -0.2) is 90.9 Å². The molecule has 3 aliphatic rings. The van der Waals surface area contributed by atoms with Gasteiger partial charge in [0.25, 0.3) is 0 Å². The van der Waals surface area contributed by atoms with Crippen molar-refractivity contribution in [2.45, 2.75) is 101 Å². The van der Waals surface area contributed by atoms with Crippen molar-refractivity contribution < 1.29 is 19.1 Å². The quantitative estimate of drug-likeness (QED) is 0.304. The number of nitrogens with zero attached hydrogens (tertiary/aromatic N) is 5. The summed E-state index contributed by atoms with van der Waals surface area (Å²) in [7, 11) is 3.87. The minimum atomic E-state index is -0.963. The van der Waals surface area contributed by atoms with Crippen molar-refractivity contribution in [2.75, 3.05) is 27.2 Å². The summed E-state index contributed by atoms with van der Waals surface area (Å²) in [6, 6.07) is 9.15. The molecule has 12 nitrogen and oxygen atoms in total. The molecule has 252 valence electrons. The SMILES string of the molecule is CN(C)[C@@H](C(=O)N1CCC[C@H]1c1ncc(-c2cnc([C@@H]3CCCN3C(=O)C3(NC(=O)OC(C)(C)C)CCCC3)[nH]2)[nH]1)c1ccccc1. The summed E-state index contributed by atoms with van der Waals surface area (Å²) in [5.41, 5.74) is 0.904. The summed E-state index contributed by atoms with van der Waals surface area (Å²) in [6.45, 7) is 6.74. The summed E-state index contributed by atoms with van der Waals surface area (Å²) in [5, 5.41) is 2.96. The minimum Gasteiger partial charge on any atom is -0.444 e. The molecule has 3 aromatic rings. The molecule has 47 heavy (non-hydrogen) atoms. The maximum Gasteiger partial charge on any atom is 0.408 e. The average molecular weight is 645 g/mol. The van der Waals surface area contributed by atoms with Gasteiger partial charge in [-0.05, 0) is 79.0 Å². The Morgan fingerprint density at radius 1 is 0.894 bits per heavy atom. The molecule has 12 heteroatoms. The number of likely N-dealkylation sites (tertiary alicyclic amines) is 2. The Bertz CT molecular complexity index is 1570. The first-order valence-electron chi connectivity index (χ1n) is 16.9. The van der Waals surface area contributed by atoms with Crippen molar-refractivity contribution in [3.63, 3.8) is 0 Å². The lowest BCUT2D eigenvalue weighted by Crippen LogP contribution is -2.58. The van der Waals surface area contributed by atoms with Crippen molar-refractivity contribution >= 4 is 17.9 Å². The second-order valence-corrected chi connectivity index (χ2v) is 14.4. The monoisotopic (exact) mass is 644 g/mol. The molecule has 1 saturated carbocycles. The molecule has 1 aliphatic carbocycles.